The fourth-order valence-corrected chi connectivity index (χ4v) is 2.14. The van der Waals surface area contributed by atoms with Gasteiger partial charge in [-0.1, -0.05) is 0 Å². The Labute approximate surface area is 115 Å². The van der Waals surface area contributed by atoms with Gasteiger partial charge in [-0.05, 0) is 25.7 Å². The van der Waals surface area contributed by atoms with Crippen LogP contribution in [0, 0.1) is 5.92 Å². The number of nitrogens with one attached hydrogen (secondary N) is 1. The Bertz CT molecular complexity index is 347. The average Bonchev–Trinajstić information content (AvgIpc) is 2.37. The molecule has 1 rings (SSSR count). The Morgan fingerprint density at radius 3 is 2.60 bits per heavy atom. The molecule has 0 radical (unpaired) electrons. The summed E-state index contributed by atoms with van der Waals surface area (Å²) in [6, 6.07) is -0.505. The van der Waals surface area contributed by atoms with Crippen molar-refractivity contribution < 1.29 is 27.9 Å². The molecule has 0 saturated carbocycles. The van der Waals surface area contributed by atoms with Crippen molar-refractivity contribution in [3.05, 3.63) is 0 Å². The number of carboxylic acid groups (broad SMARTS) is 1. The molecule has 0 aromatic heterocycles. The van der Waals surface area contributed by atoms with Crippen LogP contribution in [-0.4, -0.2) is 47.8 Å². The van der Waals surface area contributed by atoms with Crippen molar-refractivity contribution in [3.63, 3.8) is 0 Å². The highest BCUT2D eigenvalue weighted by Gasteiger charge is 2.42. The highest BCUT2D eigenvalue weighted by Crippen LogP contribution is 2.32. The molecule has 0 aliphatic carbocycles. The number of likely N-dealkylation sites (tertiary alicyclic amines) is 1. The summed E-state index contributed by atoms with van der Waals surface area (Å²) in [7, 11) is 0. The highest BCUT2D eigenvalue weighted by molar-refractivity contribution is 5.74. The zero-order valence-corrected chi connectivity index (χ0v) is 11.1. The number of piperidine rings is 1. The van der Waals surface area contributed by atoms with Gasteiger partial charge in [0.25, 0.3) is 0 Å². The number of unbranched alkanes of at least 4 members (excludes halogenated alkanes) is 1. The first-order valence-corrected chi connectivity index (χ1v) is 6.62. The Morgan fingerprint density at radius 1 is 1.30 bits per heavy atom. The van der Waals surface area contributed by atoms with Gasteiger partial charge in [0.2, 0.25) is 0 Å². The predicted octanol–water partition coefficient (Wildman–Crippen LogP) is 2.23. The van der Waals surface area contributed by atoms with E-state index in [0.717, 1.165) is 0 Å². The molecule has 1 atom stereocenters. The fourth-order valence-electron chi connectivity index (χ4n) is 2.14. The maximum Gasteiger partial charge on any atom is 0.393 e. The van der Waals surface area contributed by atoms with Gasteiger partial charge in [0.15, 0.2) is 0 Å². The smallest absolute Gasteiger partial charge is 0.393 e. The van der Waals surface area contributed by atoms with E-state index in [1.54, 1.807) is 0 Å². The van der Waals surface area contributed by atoms with Crippen LogP contribution < -0.4 is 5.32 Å². The first kappa shape index (κ1) is 16.6. The number of amides is 2. The summed E-state index contributed by atoms with van der Waals surface area (Å²) in [6.45, 7) is 0.303. The van der Waals surface area contributed by atoms with Gasteiger partial charge in [-0.15, -0.1) is 0 Å². The van der Waals surface area contributed by atoms with E-state index in [9.17, 15) is 22.8 Å². The summed E-state index contributed by atoms with van der Waals surface area (Å²) in [6.07, 6.45) is -2.91. The molecule has 1 saturated heterocycles. The Kier molecular flexibility index (Phi) is 6.09. The number of aliphatic carboxylic acids is 1. The minimum absolute atomic E-state index is 0.0235. The molecule has 2 N–H and O–H groups in total. The average molecular weight is 296 g/mol. The summed E-state index contributed by atoms with van der Waals surface area (Å²) in [5.41, 5.74) is 0. The SMILES string of the molecule is O=C(O)CCCCNC(=O)N1CCCC(C(F)(F)F)C1. The first-order chi connectivity index (χ1) is 9.30. The number of rotatable bonds is 5. The minimum Gasteiger partial charge on any atom is -0.481 e. The van der Waals surface area contributed by atoms with Gasteiger partial charge in [0.1, 0.15) is 0 Å². The molecule has 2 amide bonds. The lowest BCUT2D eigenvalue weighted by molar-refractivity contribution is -0.184. The zero-order chi connectivity index (χ0) is 15.2. The van der Waals surface area contributed by atoms with Gasteiger partial charge in [-0.25, -0.2) is 4.79 Å². The van der Waals surface area contributed by atoms with Crippen molar-refractivity contribution in [1.82, 2.24) is 10.2 Å². The van der Waals surface area contributed by atoms with Gasteiger partial charge in [-0.3, -0.25) is 4.79 Å². The Morgan fingerprint density at radius 2 is 2.00 bits per heavy atom. The Hall–Kier alpha value is -1.47. The molecular formula is C12H19F3N2O3. The molecule has 1 heterocycles. The van der Waals surface area contributed by atoms with E-state index in [1.165, 1.54) is 4.90 Å². The number of carbonyl (C=O) groups is 2. The van der Waals surface area contributed by atoms with E-state index in [4.69, 9.17) is 5.11 Å². The second-order valence-corrected chi connectivity index (χ2v) is 4.91. The molecule has 116 valence electrons. The molecule has 0 spiro atoms. The second-order valence-electron chi connectivity index (χ2n) is 4.91. The van der Waals surface area contributed by atoms with Crippen LogP contribution in [-0.2, 0) is 4.79 Å². The number of halogens is 3. The lowest BCUT2D eigenvalue weighted by Crippen LogP contribution is -2.48. The lowest BCUT2D eigenvalue weighted by Gasteiger charge is -2.33. The van der Waals surface area contributed by atoms with Crippen LogP contribution in [0.5, 0.6) is 0 Å². The molecule has 1 fully saturated rings. The van der Waals surface area contributed by atoms with Crippen LogP contribution in [0.4, 0.5) is 18.0 Å². The van der Waals surface area contributed by atoms with Crippen molar-refractivity contribution in [3.8, 4) is 0 Å². The third-order valence-electron chi connectivity index (χ3n) is 3.27. The molecule has 0 aromatic carbocycles. The van der Waals surface area contributed by atoms with Crippen molar-refractivity contribution in [1.29, 1.82) is 0 Å². The summed E-state index contributed by atoms with van der Waals surface area (Å²) >= 11 is 0. The largest absolute Gasteiger partial charge is 0.481 e. The van der Waals surface area contributed by atoms with Gasteiger partial charge < -0.3 is 15.3 Å². The van der Waals surface area contributed by atoms with E-state index in [0.29, 0.717) is 25.8 Å². The maximum atomic E-state index is 12.6. The number of urea groups is 1. The van der Waals surface area contributed by atoms with Crippen LogP contribution in [0.15, 0.2) is 0 Å². The van der Waals surface area contributed by atoms with Gasteiger partial charge in [0, 0.05) is 26.1 Å². The molecule has 0 aromatic rings. The van der Waals surface area contributed by atoms with E-state index in [2.05, 4.69) is 5.32 Å². The number of carbonyl (C=O) groups excluding carboxylic acids is 1. The number of alkyl halides is 3. The van der Waals surface area contributed by atoms with Crippen LogP contribution in [0.25, 0.3) is 0 Å². The normalized spacial score (nSPS) is 19.8. The number of carboxylic acids is 1. The van der Waals surface area contributed by atoms with Crippen LogP contribution in [0.1, 0.15) is 32.1 Å². The molecular weight excluding hydrogens is 277 g/mol. The van der Waals surface area contributed by atoms with Crippen molar-refractivity contribution in [2.75, 3.05) is 19.6 Å². The molecule has 0 bridgehead atoms. The molecule has 20 heavy (non-hydrogen) atoms. The monoisotopic (exact) mass is 296 g/mol. The number of hydrogen-bond donors (Lipinski definition) is 2. The van der Waals surface area contributed by atoms with Gasteiger partial charge in [0.05, 0.1) is 5.92 Å². The van der Waals surface area contributed by atoms with Gasteiger partial charge >= 0.3 is 18.2 Å². The number of nitrogens with zero attached hydrogens (tertiary/aromatic N) is 1. The maximum absolute atomic E-state index is 12.6. The molecule has 1 aliphatic rings. The third kappa shape index (κ3) is 5.66. The van der Waals surface area contributed by atoms with E-state index in [1.807, 2.05) is 0 Å². The van der Waals surface area contributed by atoms with Crippen molar-refractivity contribution in [2.24, 2.45) is 5.92 Å². The van der Waals surface area contributed by atoms with Crippen molar-refractivity contribution >= 4 is 12.0 Å². The van der Waals surface area contributed by atoms with Crippen LogP contribution in [0.2, 0.25) is 0 Å². The molecule has 1 unspecified atom stereocenters. The predicted molar refractivity (Wildman–Crippen MR) is 65.2 cm³/mol. The number of hydrogen-bond acceptors (Lipinski definition) is 2. The third-order valence-corrected chi connectivity index (χ3v) is 3.27. The summed E-state index contributed by atoms with van der Waals surface area (Å²) in [5, 5.41) is 11.0. The summed E-state index contributed by atoms with van der Waals surface area (Å²) in [5.74, 6) is -2.35. The van der Waals surface area contributed by atoms with E-state index >= 15 is 0 Å². The topological polar surface area (TPSA) is 69.6 Å². The second kappa shape index (κ2) is 7.35. The summed E-state index contributed by atoms with van der Waals surface area (Å²) in [4.78, 5) is 23.1. The molecule has 5 nitrogen and oxygen atoms in total. The van der Waals surface area contributed by atoms with Crippen LogP contribution in [0.3, 0.4) is 0 Å². The van der Waals surface area contributed by atoms with E-state index in [-0.39, 0.29) is 25.9 Å². The Balaban J connectivity index is 2.27. The highest BCUT2D eigenvalue weighted by atomic mass is 19.4. The first-order valence-electron chi connectivity index (χ1n) is 6.62. The molecule has 8 heteroatoms. The summed E-state index contributed by atoms with van der Waals surface area (Å²) < 4.78 is 37.8. The van der Waals surface area contributed by atoms with E-state index < -0.39 is 24.1 Å². The van der Waals surface area contributed by atoms with Gasteiger partial charge in [-0.2, -0.15) is 13.2 Å². The van der Waals surface area contributed by atoms with Crippen LogP contribution >= 0.6 is 0 Å². The molecule has 1 aliphatic heterocycles. The quantitative estimate of drug-likeness (QED) is 0.764. The minimum atomic E-state index is -4.26. The fraction of sp³-hybridized carbons (Fsp3) is 0.833. The zero-order valence-electron chi connectivity index (χ0n) is 11.1. The van der Waals surface area contributed by atoms with Crippen molar-refractivity contribution in [2.45, 2.75) is 38.3 Å². The standard InChI is InChI=1S/C12H19F3N2O3/c13-12(14,15)9-4-3-7-17(8-9)11(20)16-6-2-1-5-10(18)19/h9H,1-8H2,(H,16,20)(H,18,19). The lowest BCUT2D eigenvalue weighted by atomic mass is 9.98.